The molecule has 0 aliphatic rings. The summed E-state index contributed by atoms with van der Waals surface area (Å²) in [7, 11) is 0. The average molecular weight is 474 g/mol. The Morgan fingerprint density at radius 1 is 1.29 bits per heavy atom. The fraction of sp³-hybridized carbons (Fsp3) is 0.238. The van der Waals surface area contributed by atoms with Gasteiger partial charge in [-0.1, -0.05) is 42.4 Å². The predicted octanol–water partition coefficient (Wildman–Crippen LogP) is 5.17. The second-order valence-electron chi connectivity index (χ2n) is 6.64. The zero-order valence-electron chi connectivity index (χ0n) is 16.8. The number of carbonyl (C=O) groups is 1. The average Bonchev–Trinajstić information content (AvgIpc) is 3.53. The van der Waals surface area contributed by atoms with Gasteiger partial charge in [0.25, 0.3) is 5.89 Å². The number of nitrogens with zero attached hydrogens (tertiary/aromatic N) is 5. The molecule has 0 radical (unpaired) electrons. The van der Waals surface area contributed by atoms with E-state index in [1.54, 1.807) is 11.1 Å². The Bertz CT molecular complexity index is 1140. The Morgan fingerprint density at radius 3 is 2.97 bits per heavy atom. The second-order valence-corrected chi connectivity index (χ2v) is 8.97. The van der Waals surface area contributed by atoms with Gasteiger partial charge in [-0.3, -0.25) is 9.36 Å². The quantitative estimate of drug-likeness (QED) is 0.312. The van der Waals surface area contributed by atoms with Crippen molar-refractivity contribution < 1.29 is 9.21 Å². The number of halogens is 1. The molecule has 0 atom stereocenters. The van der Waals surface area contributed by atoms with E-state index in [-0.39, 0.29) is 18.2 Å². The second kappa shape index (κ2) is 10.1. The molecule has 0 aliphatic carbocycles. The third kappa shape index (κ3) is 5.36. The minimum atomic E-state index is -0.0108. The Labute approximate surface area is 193 Å². The van der Waals surface area contributed by atoms with E-state index in [2.05, 4.69) is 15.2 Å². The SMILES string of the molecule is CCCN(Cc1nnc(-c2cccs2)o1)C(=O)CSc1nccn1-c1cccc(Cl)c1. The zero-order valence-corrected chi connectivity index (χ0v) is 19.2. The van der Waals surface area contributed by atoms with Crippen LogP contribution in [0.15, 0.2) is 63.7 Å². The molecule has 0 bridgehead atoms. The number of benzene rings is 1. The van der Waals surface area contributed by atoms with E-state index in [1.807, 2.05) is 59.5 Å². The highest BCUT2D eigenvalue weighted by Crippen LogP contribution is 2.25. The van der Waals surface area contributed by atoms with Crippen LogP contribution in [0, 0.1) is 0 Å². The van der Waals surface area contributed by atoms with Gasteiger partial charge in [-0.25, -0.2) is 4.98 Å². The van der Waals surface area contributed by atoms with Gasteiger partial charge in [0.05, 0.1) is 17.2 Å². The number of thiophene rings is 1. The van der Waals surface area contributed by atoms with Crippen molar-refractivity contribution in [1.29, 1.82) is 0 Å². The summed E-state index contributed by atoms with van der Waals surface area (Å²) in [4.78, 5) is 20.0. The van der Waals surface area contributed by atoms with Gasteiger partial charge in [0.2, 0.25) is 11.8 Å². The monoisotopic (exact) mass is 473 g/mol. The fourth-order valence-corrected chi connectivity index (χ4v) is 4.68. The predicted molar refractivity (Wildman–Crippen MR) is 123 cm³/mol. The maximum atomic E-state index is 12.9. The number of rotatable bonds is 9. The van der Waals surface area contributed by atoms with Crippen LogP contribution in [0.2, 0.25) is 5.02 Å². The van der Waals surface area contributed by atoms with Crippen molar-refractivity contribution >= 4 is 40.6 Å². The summed E-state index contributed by atoms with van der Waals surface area (Å²) < 4.78 is 7.67. The molecular weight excluding hydrogens is 454 g/mol. The molecule has 0 saturated heterocycles. The van der Waals surface area contributed by atoms with Crippen molar-refractivity contribution in [2.24, 2.45) is 0 Å². The topological polar surface area (TPSA) is 77.1 Å². The van der Waals surface area contributed by atoms with Gasteiger partial charge in [0.15, 0.2) is 5.16 Å². The van der Waals surface area contributed by atoms with E-state index in [9.17, 15) is 4.79 Å². The molecule has 3 heterocycles. The highest BCUT2D eigenvalue weighted by molar-refractivity contribution is 7.99. The highest BCUT2D eigenvalue weighted by atomic mass is 35.5. The Balaban J connectivity index is 1.41. The van der Waals surface area contributed by atoms with E-state index in [0.29, 0.717) is 23.3 Å². The highest BCUT2D eigenvalue weighted by Gasteiger charge is 2.19. The van der Waals surface area contributed by atoms with Gasteiger partial charge in [-0.15, -0.1) is 21.5 Å². The zero-order chi connectivity index (χ0) is 21.6. The Kier molecular flexibility index (Phi) is 7.06. The number of aromatic nitrogens is 4. The lowest BCUT2D eigenvalue weighted by Crippen LogP contribution is -2.32. The van der Waals surface area contributed by atoms with Crippen LogP contribution < -0.4 is 0 Å². The van der Waals surface area contributed by atoms with Gasteiger partial charge in [0.1, 0.15) is 0 Å². The summed E-state index contributed by atoms with van der Waals surface area (Å²) >= 11 is 9.03. The van der Waals surface area contributed by atoms with Crippen LogP contribution in [0.25, 0.3) is 16.5 Å². The van der Waals surface area contributed by atoms with E-state index in [0.717, 1.165) is 22.1 Å². The molecule has 10 heteroatoms. The molecule has 0 N–H and O–H groups in total. The lowest BCUT2D eigenvalue weighted by atomic mass is 10.3. The molecule has 0 aliphatic heterocycles. The minimum Gasteiger partial charge on any atom is -0.418 e. The number of thioether (sulfide) groups is 1. The third-order valence-corrected chi connectivity index (χ3v) is 6.43. The van der Waals surface area contributed by atoms with Crippen LogP contribution in [-0.4, -0.2) is 42.9 Å². The maximum absolute atomic E-state index is 12.9. The summed E-state index contributed by atoms with van der Waals surface area (Å²) in [5.41, 5.74) is 0.900. The van der Waals surface area contributed by atoms with Gasteiger partial charge < -0.3 is 9.32 Å². The van der Waals surface area contributed by atoms with Crippen molar-refractivity contribution in [3.63, 3.8) is 0 Å². The molecule has 31 heavy (non-hydrogen) atoms. The molecule has 3 aromatic heterocycles. The first-order valence-corrected chi connectivity index (χ1v) is 11.9. The minimum absolute atomic E-state index is 0.0108. The third-order valence-electron chi connectivity index (χ3n) is 4.39. The van der Waals surface area contributed by atoms with Crippen LogP contribution in [-0.2, 0) is 11.3 Å². The first kappa shape index (κ1) is 21.6. The molecule has 0 saturated carbocycles. The smallest absolute Gasteiger partial charge is 0.257 e. The van der Waals surface area contributed by atoms with E-state index in [1.165, 1.54) is 23.1 Å². The van der Waals surface area contributed by atoms with E-state index in [4.69, 9.17) is 16.0 Å². The lowest BCUT2D eigenvalue weighted by Gasteiger charge is -2.20. The number of imidazole rings is 1. The molecular formula is C21H20ClN5O2S2. The van der Waals surface area contributed by atoms with Gasteiger partial charge in [0, 0.05) is 29.6 Å². The number of amides is 1. The van der Waals surface area contributed by atoms with Crippen LogP contribution in [0.1, 0.15) is 19.2 Å². The molecule has 0 unspecified atom stereocenters. The van der Waals surface area contributed by atoms with Crippen molar-refractivity contribution in [2.75, 3.05) is 12.3 Å². The molecule has 160 valence electrons. The summed E-state index contributed by atoms with van der Waals surface area (Å²) in [6.07, 6.45) is 4.40. The summed E-state index contributed by atoms with van der Waals surface area (Å²) in [5.74, 6) is 1.15. The van der Waals surface area contributed by atoms with Crippen LogP contribution in [0.3, 0.4) is 0 Å². The van der Waals surface area contributed by atoms with Crippen LogP contribution in [0.5, 0.6) is 0 Å². The van der Waals surface area contributed by atoms with Gasteiger partial charge in [-0.2, -0.15) is 0 Å². The Hall–Kier alpha value is -2.62. The van der Waals surface area contributed by atoms with Crippen molar-refractivity contribution in [3.8, 4) is 16.5 Å². The molecule has 4 rings (SSSR count). The molecule has 0 spiro atoms. The summed E-state index contributed by atoms with van der Waals surface area (Å²) in [6.45, 7) is 2.93. The van der Waals surface area contributed by atoms with E-state index < -0.39 is 0 Å². The van der Waals surface area contributed by atoms with Crippen molar-refractivity contribution in [2.45, 2.75) is 25.0 Å². The fourth-order valence-electron chi connectivity index (χ4n) is 2.98. The number of hydrogen-bond acceptors (Lipinski definition) is 7. The van der Waals surface area contributed by atoms with Crippen LogP contribution in [0.4, 0.5) is 0 Å². The van der Waals surface area contributed by atoms with Crippen molar-refractivity contribution in [3.05, 3.63) is 65.1 Å². The molecule has 7 nitrogen and oxygen atoms in total. The first-order chi connectivity index (χ1) is 15.1. The summed E-state index contributed by atoms with van der Waals surface area (Å²) in [6, 6.07) is 11.4. The molecule has 1 aromatic carbocycles. The molecule has 4 aromatic rings. The normalized spacial score (nSPS) is 11.0. The number of carbonyl (C=O) groups excluding carboxylic acids is 1. The summed E-state index contributed by atoms with van der Waals surface area (Å²) in [5, 5.41) is 11.5. The first-order valence-electron chi connectivity index (χ1n) is 9.70. The standard InChI is InChI=1S/C21H20ClN5O2S2/c1-2-9-26(13-18-24-25-20(29-18)17-7-4-11-30-17)19(28)14-31-21-23-8-10-27(21)16-6-3-5-15(22)12-16/h3-8,10-12H,2,9,13-14H2,1H3. The van der Waals surface area contributed by atoms with Crippen molar-refractivity contribution in [1.82, 2.24) is 24.6 Å². The van der Waals surface area contributed by atoms with E-state index >= 15 is 0 Å². The largest absolute Gasteiger partial charge is 0.418 e. The Morgan fingerprint density at radius 2 is 2.19 bits per heavy atom. The molecule has 1 amide bonds. The molecule has 0 fully saturated rings. The van der Waals surface area contributed by atoms with Gasteiger partial charge >= 0.3 is 0 Å². The lowest BCUT2D eigenvalue weighted by molar-refractivity contribution is -0.129. The number of hydrogen-bond donors (Lipinski definition) is 0. The maximum Gasteiger partial charge on any atom is 0.257 e. The van der Waals surface area contributed by atoms with Crippen LogP contribution >= 0.6 is 34.7 Å². The van der Waals surface area contributed by atoms with Gasteiger partial charge in [-0.05, 0) is 36.1 Å².